The molecule has 1 aliphatic rings. The molecule has 1 unspecified atom stereocenters. The molecule has 1 saturated carbocycles. The second kappa shape index (κ2) is 5.41. The van der Waals surface area contributed by atoms with E-state index in [1.54, 1.807) is 0 Å². The van der Waals surface area contributed by atoms with Gasteiger partial charge >= 0.3 is 0 Å². The highest BCUT2D eigenvalue weighted by Crippen LogP contribution is 2.36. The van der Waals surface area contributed by atoms with Crippen molar-refractivity contribution in [1.82, 2.24) is 10.3 Å². The van der Waals surface area contributed by atoms with Crippen LogP contribution in [0.2, 0.25) is 0 Å². The molecule has 1 fully saturated rings. The van der Waals surface area contributed by atoms with E-state index in [-0.39, 0.29) is 0 Å². The van der Waals surface area contributed by atoms with Crippen molar-refractivity contribution in [2.24, 2.45) is 5.92 Å². The predicted molar refractivity (Wildman–Crippen MR) is 85.1 cm³/mol. The molecule has 0 radical (unpaired) electrons. The number of fused-ring (bicyclic) bond motifs is 1. The highest BCUT2D eigenvalue weighted by Gasteiger charge is 2.31. The Morgan fingerprint density at radius 2 is 2.10 bits per heavy atom. The average molecular weight is 269 g/mol. The quantitative estimate of drug-likeness (QED) is 0.903. The van der Waals surface area contributed by atoms with Crippen molar-refractivity contribution in [3.05, 3.63) is 35.9 Å². The number of rotatable bonds is 5. The first kappa shape index (κ1) is 13.4. The van der Waals surface area contributed by atoms with E-state index in [0.717, 1.165) is 23.8 Å². The van der Waals surface area contributed by atoms with Crippen LogP contribution in [0.3, 0.4) is 0 Å². The molecule has 0 saturated heterocycles. The number of anilines is 1. The van der Waals surface area contributed by atoms with Crippen molar-refractivity contribution in [2.45, 2.75) is 32.4 Å². The largest absolute Gasteiger partial charge is 0.357 e. The number of aromatic nitrogens is 1. The van der Waals surface area contributed by atoms with Crippen LogP contribution in [0.15, 0.2) is 30.3 Å². The Morgan fingerprint density at radius 3 is 2.80 bits per heavy atom. The predicted octanol–water partition coefficient (Wildman–Crippen LogP) is 3.19. The van der Waals surface area contributed by atoms with E-state index >= 15 is 0 Å². The Balaban J connectivity index is 2.02. The van der Waals surface area contributed by atoms with Crippen LogP contribution in [-0.2, 0) is 6.54 Å². The molecule has 1 N–H and O–H groups in total. The van der Waals surface area contributed by atoms with Crippen LogP contribution in [0.4, 0.5) is 5.82 Å². The molecule has 1 atom stereocenters. The van der Waals surface area contributed by atoms with Gasteiger partial charge in [-0.2, -0.15) is 0 Å². The molecule has 0 amide bonds. The van der Waals surface area contributed by atoms with Crippen LogP contribution in [-0.4, -0.2) is 25.1 Å². The van der Waals surface area contributed by atoms with Gasteiger partial charge in [0.1, 0.15) is 5.82 Å². The second-order valence-corrected chi connectivity index (χ2v) is 5.88. The summed E-state index contributed by atoms with van der Waals surface area (Å²) in [6.07, 6.45) is 2.73. The van der Waals surface area contributed by atoms with Crippen molar-refractivity contribution in [3.63, 3.8) is 0 Å². The maximum atomic E-state index is 4.85. The molecule has 106 valence electrons. The molecular weight excluding hydrogens is 246 g/mol. The standard InChI is InChI=1S/C17H23N3/c1-12(13-8-9-13)20(3)17-10-14(11-18-2)15-6-4-5-7-16(15)19-17/h4-7,10,12-13,18H,8-9,11H2,1-3H3. The first-order chi connectivity index (χ1) is 9.70. The zero-order valence-electron chi connectivity index (χ0n) is 12.6. The van der Waals surface area contributed by atoms with Gasteiger partial charge in [-0.25, -0.2) is 4.98 Å². The maximum Gasteiger partial charge on any atom is 0.129 e. The number of para-hydroxylation sites is 1. The van der Waals surface area contributed by atoms with Gasteiger partial charge in [-0.3, -0.25) is 0 Å². The number of hydrogen-bond donors (Lipinski definition) is 1. The van der Waals surface area contributed by atoms with Gasteiger partial charge in [0, 0.05) is 25.0 Å². The number of benzene rings is 1. The minimum Gasteiger partial charge on any atom is -0.357 e. The van der Waals surface area contributed by atoms with E-state index < -0.39 is 0 Å². The monoisotopic (exact) mass is 269 g/mol. The molecule has 1 heterocycles. The molecule has 20 heavy (non-hydrogen) atoms. The molecule has 0 aliphatic heterocycles. The lowest BCUT2D eigenvalue weighted by molar-refractivity contribution is 0.604. The molecule has 1 aromatic carbocycles. The van der Waals surface area contributed by atoms with Crippen molar-refractivity contribution < 1.29 is 0 Å². The lowest BCUT2D eigenvalue weighted by Gasteiger charge is -2.27. The Kier molecular flexibility index (Phi) is 3.62. The topological polar surface area (TPSA) is 28.2 Å². The molecule has 3 rings (SSSR count). The molecule has 0 spiro atoms. The summed E-state index contributed by atoms with van der Waals surface area (Å²) in [6.45, 7) is 3.19. The lowest BCUT2D eigenvalue weighted by Crippen LogP contribution is -2.31. The third-order valence-corrected chi connectivity index (χ3v) is 4.43. The number of pyridine rings is 1. The van der Waals surface area contributed by atoms with Crippen molar-refractivity contribution >= 4 is 16.7 Å². The third kappa shape index (κ3) is 2.50. The number of nitrogens with one attached hydrogen (secondary N) is 1. The Bertz CT molecular complexity index is 604. The first-order valence-corrected chi connectivity index (χ1v) is 7.47. The molecule has 3 heteroatoms. The molecule has 2 aromatic rings. The minimum atomic E-state index is 0.575. The third-order valence-electron chi connectivity index (χ3n) is 4.43. The SMILES string of the molecule is CNCc1cc(N(C)C(C)C2CC2)nc2ccccc12. The molecule has 1 aliphatic carbocycles. The Hall–Kier alpha value is -1.61. The summed E-state index contributed by atoms with van der Waals surface area (Å²) in [7, 11) is 4.16. The van der Waals surface area contributed by atoms with Crippen molar-refractivity contribution in [2.75, 3.05) is 19.0 Å². The van der Waals surface area contributed by atoms with Crippen LogP contribution >= 0.6 is 0 Å². The maximum absolute atomic E-state index is 4.85. The fourth-order valence-corrected chi connectivity index (χ4v) is 2.85. The van der Waals surface area contributed by atoms with E-state index in [1.165, 1.54) is 23.8 Å². The highest BCUT2D eigenvalue weighted by molar-refractivity contribution is 5.84. The summed E-state index contributed by atoms with van der Waals surface area (Å²) < 4.78 is 0. The Morgan fingerprint density at radius 1 is 1.35 bits per heavy atom. The average Bonchev–Trinajstić information content (AvgIpc) is 3.30. The van der Waals surface area contributed by atoms with E-state index in [2.05, 4.69) is 54.5 Å². The number of hydrogen-bond acceptors (Lipinski definition) is 3. The fourth-order valence-electron chi connectivity index (χ4n) is 2.85. The van der Waals surface area contributed by atoms with Gasteiger partial charge in [-0.1, -0.05) is 18.2 Å². The van der Waals surface area contributed by atoms with Crippen LogP contribution in [0.1, 0.15) is 25.3 Å². The normalized spacial score (nSPS) is 16.4. The summed E-state index contributed by atoms with van der Waals surface area (Å²) in [5.41, 5.74) is 2.41. The van der Waals surface area contributed by atoms with Gasteiger partial charge in [0.05, 0.1) is 5.52 Å². The zero-order chi connectivity index (χ0) is 14.1. The van der Waals surface area contributed by atoms with Gasteiger partial charge in [-0.05, 0) is 50.4 Å². The summed E-state index contributed by atoms with van der Waals surface area (Å²) in [5.74, 6) is 1.94. The lowest BCUT2D eigenvalue weighted by atomic mass is 10.1. The molecule has 1 aromatic heterocycles. The summed E-state index contributed by atoms with van der Waals surface area (Å²) in [6, 6.07) is 11.2. The summed E-state index contributed by atoms with van der Waals surface area (Å²) in [4.78, 5) is 7.18. The van der Waals surface area contributed by atoms with Gasteiger partial charge < -0.3 is 10.2 Å². The first-order valence-electron chi connectivity index (χ1n) is 7.47. The van der Waals surface area contributed by atoms with Gasteiger partial charge in [0.2, 0.25) is 0 Å². The summed E-state index contributed by atoms with van der Waals surface area (Å²) in [5, 5.41) is 4.51. The number of nitrogens with zero attached hydrogens (tertiary/aromatic N) is 2. The van der Waals surface area contributed by atoms with Gasteiger partial charge in [-0.15, -0.1) is 0 Å². The second-order valence-electron chi connectivity index (χ2n) is 5.88. The van der Waals surface area contributed by atoms with Crippen molar-refractivity contribution in [1.29, 1.82) is 0 Å². The van der Waals surface area contributed by atoms with Gasteiger partial charge in [0.25, 0.3) is 0 Å². The van der Waals surface area contributed by atoms with E-state index in [1.807, 2.05) is 7.05 Å². The van der Waals surface area contributed by atoms with Crippen LogP contribution in [0.5, 0.6) is 0 Å². The zero-order valence-corrected chi connectivity index (χ0v) is 12.6. The highest BCUT2D eigenvalue weighted by atomic mass is 15.2. The van der Waals surface area contributed by atoms with Crippen molar-refractivity contribution in [3.8, 4) is 0 Å². The van der Waals surface area contributed by atoms with E-state index in [9.17, 15) is 0 Å². The molecule has 3 nitrogen and oxygen atoms in total. The minimum absolute atomic E-state index is 0.575. The molecular formula is C17H23N3. The fraction of sp³-hybridized carbons (Fsp3) is 0.471. The van der Waals surface area contributed by atoms with Crippen LogP contribution < -0.4 is 10.2 Å². The van der Waals surface area contributed by atoms with Crippen LogP contribution in [0.25, 0.3) is 10.9 Å². The smallest absolute Gasteiger partial charge is 0.129 e. The molecule has 0 bridgehead atoms. The van der Waals surface area contributed by atoms with E-state index in [0.29, 0.717) is 6.04 Å². The Labute approximate surface area is 121 Å². The van der Waals surface area contributed by atoms with E-state index in [4.69, 9.17) is 4.98 Å². The van der Waals surface area contributed by atoms with Gasteiger partial charge in [0.15, 0.2) is 0 Å². The van der Waals surface area contributed by atoms with Crippen LogP contribution in [0, 0.1) is 5.92 Å². The summed E-state index contributed by atoms with van der Waals surface area (Å²) >= 11 is 0.